The van der Waals surface area contributed by atoms with Crippen LogP contribution in [0.15, 0.2) is 89.7 Å². The van der Waals surface area contributed by atoms with Gasteiger partial charge in [-0.1, -0.05) is 66.2 Å². The molecule has 0 fully saturated rings. The van der Waals surface area contributed by atoms with Gasteiger partial charge < -0.3 is 5.32 Å². The lowest BCUT2D eigenvalue weighted by atomic mass is 10.0. The number of rotatable bonds is 5. The molecule has 0 unspecified atom stereocenters. The molecule has 35 heavy (non-hydrogen) atoms. The van der Waals surface area contributed by atoms with Crippen LogP contribution in [0.2, 0.25) is 5.02 Å². The molecule has 174 valence electrons. The van der Waals surface area contributed by atoms with Gasteiger partial charge in [-0.2, -0.15) is 5.10 Å². The minimum atomic E-state index is -0.334. The van der Waals surface area contributed by atoms with Crippen LogP contribution < -0.4 is 10.9 Å². The van der Waals surface area contributed by atoms with Gasteiger partial charge in [0.2, 0.25) is 5.91 Å². The normalized spacial score (nSPS) is 11.1. The third kappa shape index (κ3) is 4.36. The van der Waals surface area contributed by atoms with E-state index in [-0.39, 0.29) is 18.0 Å². The second kappa shape index (κ2) is 9.24. The predicted molar refractivity (Wildman–Crippen MR) is 140 cm³/mol. The maximum Gasteiger partial charge on any atom is 0.253 e. The highest BCUT2D eigenvalue weighted by Gasteiger charge is 2.21. The molecule has 0 saturated heterocycles. The Bertz CT molecular complexity index is 1610. The van der Waals surface area contributed by atoms with Gasteiger partial charge in [0, 0.05) is 22.2 Å². The Balaban J connectivity index is 1.67. The van der Waals surface area contributed by atoms with Gasteiger partial charge in [0.1, 0.15) is 12.2 Å². The fourth-order valence-corrected chi connectivity index (χ4v) is 4.40. The zero-order chi connectivity index (χ0) is 24.5. The number of anilines is 1. The molecule has 3 aromatic carbocycles. The maximum absolute atomic E-state index is 13.4. The molecule has 0 atom stereocenters. The molecule has 2 aromatic heterocycles. The highest BCUT2D eigenvalue weighted by Crippen LogP contribution is 2.31. The largest absolute Gasteiger partial charge is 0.324 e. The highest BCUT2D eigenvalue weighted by molar-refractivity contribution is 6.31. The quantitative estimate of drug-likeness (QED) is 0.346. The number of halogens is 1. The first-order valence-electron chi connectivity index (χ1n) is 11.2. The molecular formula is C28H23ClN4O2. The van der Waals surface area contributed by atoms with Gasteiger partial charge in [0.15, 0.2) is 0 Å². The lowest BCUT2D eigenvalue weighted by Crippen LogP contribution is -2.28. The number of fused-ring (bicyclic) bond motifs is 1. The summed E-state index contributed by atoms with van der Waals surface area (Å²) < 4.78 is 3.20. The van der Waals surface area contributed by atoms with Crippen LogP contribution in [0.1, 0.15) is 11.3 Å². The van der Waals surface area contributed by atoms with Gasteiger partial charge in [-0.05, 0) is 54.8 Å². The number of para-hydroxylation sites is 1. The van der Waals surface area contributed by atoms with Gasteiger partial charge >= 0.3 is 0 Å². The van der Waals surface area contributed by atoms with E-state index in [1.807, 2.05) is 80.6 Å². The van der Waals surface area contributed by atoms with Crippen molar-refractivity contribution in [3.63, 3.8) is 0 Å². The van der Waals surface area contributed by atoms with E-state index in [1.165, 1.54) is 4.57 Å². The lowest BCUT2D eigenvalue weighted by molar-refractivity contribution is -0.116. The molecule has 0 aliphatic heterocycles. The zero-order valence-electron chi connectivity index (χ0n) is 19.3. The average Bonchev–Trinajstić information content (AvgIpc) is 3.21. The number of aromatic nitrogens is 3. The van der Waals surface area contributed by atoms with Crippen LogP contribution in [0, 0.1) is 13.8 Å². The number of aryl methyl sites for hydroxylation is 2. The zero-order valence-corrected chi connectivity index (χ0v) is 20.1. The van der Waals surface area contributed by atoms with Crippen LogP contribution in [0.4, 0.5) is 5.69 Å². The Morgan fingerprint density at radius 3 is 2.31 bits per heavy atom. The van der Waals surface area contributed by atoms with Crippen LogP contribution in [0.3, 0.4) is 0 Å². The lowest BCUT2D eigenvalue weighted by Gasteiger charge is -2.14. The third-order valence-electron chi connectivity index (χ3n) is 5.94. The van der Waals surface area contributed by atoms with Crippen LogP contribution >= 0.6 is 11.6 Å². The Morgan fingerprint density at radius 2 is 1.63 bits per heavy atom. The maximum atomic E-state index is 13.4. The second-order valence-electron chi connectivity index (χ2n) is 8.39. The fourth-order valence-electron chi connectivity index (χ4n) is 4.22. The first kappa shape index (κ1) is 22.6. The minimum Gasteiger partial charge on any atom is -0.324 e. The summed E-state index contributed by atoms with van der Waals surface area (Å²) in [5, 5.41) is 9.01. The summed E-state index contributed by atoms with van der Waals surface area (Å²) in [6, 6.07) is 26.2. The topological polar surface area (TPSA) is 68.9 Å². The molecule has 0 spiro atoms. The summed E-state index contributed by atoms with van der Waals surface area (Å²) in [6.07, 6.45) is 0. The average molecular weight is 483 g/mol. The molecule has 5 aromatic rings. The summed E-state index contributed by atoms with van der Waals surface area (Å²) in [5.41, 5.74) is 5.04. The molecule has 0 radical (unpaired) electrons. The van der Waals surface area contributed by atoms with Crippen LogP contribution in [0.25, 0.3) is 27.8 Å². The summed E-state index contributed by atoms with van der Waals surface area (Å²) in [7, 11) is 0. The van der Waals surface area contributed by atoms with Crippen molar-refractivity contribution in [3.8, 4) is 16.8 Å². The van der Waals surface area contributed by atoms with E-state index in [0.717, 1.165) is 33.5 Å². The van der Waals surface area contributed by atoms with Gasteiger partial charge in [-0.25, -0.2) is 4.68 Å². The van der Waals surface area contributed by atoms with Crippen molar-refractivity contribution in [1.82, 2.24) is 14.3 Å². The minimum absolute atomic E-state index is 0.173. The summed E-state index contributed by atoms with van der Waals surface area (Å²) >= 11 is 6.21. The number of hydrogen-bond acceptors (Lipinski definition) is 3. The predicted octanol–water partition coefficient (Wildman–Crippen LogP) is 5.76. The molecule has 6 nitrogen and oxygen atoms in total. The summed E-state index contributed by atoms with van der Waals surface area (Å²) in [4.78, 5) is 26.5. The number of nitrogens with zero attached hydrogens (tertiary/aromatic N) is 3. The Labute approximate surface area is 207 Å². The van der Waals surface area contributed by atoms with E-state index in [2.05, 4.69) is 5.32 Å². The molecule has 0 aliphatic rings. The van der Waals surface area contributed by atoms with Crippen LogP contribution in [0.5, 0.6) is 0 Å². The first-order chi connectivity index (χ1) is 16.9. The van der Waals surface area contributed by atoms with E-state index in [4.69, 9.17) is 16.7 Å². The van der Waals surface area contributed by atoms with E-state index in [1.54, 1.807) is 22.9 Å². The Hall–Kier alpha value is -4.16. The smallest absolute Gasteiger partial charge is 0.253 e. The number of benzene rings is 3. The number of carbonyl (C=O) groups is 1. The van der Waals surface area contributed by atoms with Crippen molar-refractivity contribution in [2.24, 2.45) is 0 Å². The number of nitrogens with one attached hydrogen (secondary N) is 1. The molecule has 7 heteroatoms. The van der Waals surface area contributed by atoms with Gasteiger partial charge in [0.05, 0.1) is 11.4 Å². The monoisotopic (exact) mass is 482 g/mol. The van der Waals surface area contributed by atoms with Gasteiger partial charge in [0.25, 0.3) is 5.56 Å². The molecule has 0 aliphatic carbocycles. The van der Waals surface area contributed by atoms with E-state index < -0.39 is 0 Å². The van der Waals surface area contributed by atoms with Gasteiger partial charge in [-0.15, -0.1) is 0 Å². The molecular weight excluding hydrogens is 460 g/mol. The Morgan fingerprint density at radius 1 is 0.943 bits per heavy atom. The highest BCUT2D eigenvalue weighted by atomic mass is 35.5. The summed E-state index contributed by atoms with van der Waals surface area (Å²) in [6.45, 7) is 3.64. The first-order valence-corrected chi connectivity index (χ1v) is 11.6. The number of carbonyl (C=O) groups excluding carboxylic acids is 1. The number of hydrogen-bond donors (Lipinski definition) is 1. The standard InChI is InChI=1S/C28H23ClN4O2/c1-18-13-14-21(15-24(18)29)30-25(34)17-32-26(35)16-23(20-9-5-3-6-10-20)27-19(2)31-33(28(27)32)22-11-7-4-8-12-22/h3-16H,17H2,1-2H3,(H,30,34). The SMILES string of the molecule is Cc1ccc(NC(=O)Cn2c(=O)cc(-c3ccccc3)c3c(C)nn(-c4ccccc4)c32)cc1Cl. The molecule has 0 saturated carbocycles. The van der Waals surface area contributed by atoms with Crippen LogP contribution in [-0.2, 0) is 11.3 Å². The van der Waals surface area contributed by atoms with Gasteiger partial charge in [-0.3, -0.25) is 14.2 Å². The van der Waals surface area contributed by atoms with Crippen molar-refractivity contribution in [2.75, 3.05) is 5.32 Å². The van der Waals surface area contributed by atoms with Crippen LogP contribution in [-0.4, -0.2) is 20.3 Å². The molecule has 2 heterocycles. The molecule has 1 amide bonds. The third-order valence-corrected chi connectivity index (χ3v) is 6.34. The fraction of sp³-hybridized carbons (Fsp3) is 0.107. The van der Waals surface area contributed by atoms with E-state index in [0.29, 0.717) is 16.4 Å². The number of pyridine rings is 1. The van der Waals surface area contributed by atoms with E-state index in [9.17, 15) is 9.59 Å². The van der Waals surface area contributed by atoms with Crippen molar-refractivity contribution in [2.45, 2.75) is 20.4 Å². The van der Waals surface area contributed by atoms with Crippen molar-refractivity contribution < 1.29 is 4.79 Å². The molecule has 5 rings (SSSR count). The van der Waals surface area contributed by atoms with Crippen molar-refractivity contribution in [1.29, 1.82) is 0 Å². The molecule has 1 N–H and O–H groups in total. The van der Waals surface area contributed by atoms with Crippen molar-refractivity contribution >= 4 is 34.2 Å². The van der Waals surface area contributed by atoms with Crippen molar-refractivity contribution in [3.05, 3.63) is 112 Å². The van der Waals surface area contributed by atoms with E-state index >= 15 is 0 Å². The number of amides is 1. The second-order valence-corrected chi connectivity index (χ2v) is 8.80. The Kier molecular flexibility index (Phi) is 5.97. The molecule has 0 bridgehead atoms. The summed E-state index contributed by atoms with van der Waals surface area (Å²) in [5.74, 6) is -0.334.